The van der Waals surface area contributed by atoms with E-state index in [1.54, 1.807) is 7.11 Å². The Morgan fingerprint density at radius 2 is 1.86 bits per heavy atom. The molecule has 0 aliphatic heterocycles. The van der Waals surface area contributed by atoms with E-state index < -0.39 is 0 Å². The van der Waals surface area contributed by atoms with Crippen LogP contribution in [-0.2, 0) is 4.74 Å². The molecule has 0 saturated heterocycles. The van der Waals surface area contributed by atoms with Crippen LogP contribution in [0.15, 0.2) is 48.5 Å². The molecule has 110 valence electrons. The first-order valence-corrected chi connectivity index (χ1v) is 7.07. The van der Waals surface area contributed by atoms with Crippen molar-refractivity contribution in [2.75, 3.05) is 13.7 Å². The minimum Gasteiger partial charge on any atom is -0.383 e. The fourth-order valence-electron chi connectivity index (χ4n) is 2.18. The number of methoxy groups -OCH3 is 1. The maximum Gasteiger partial charge on any atom is 0.251 e. The van der Waals surface area contributed by atoms with E-state index in [0.717, 1.165) is 11.1 Å². The molecule has 1 N–H and O–H groups in total. The Hall–Kier alpha value is -2.13. The molecule has 0 aliphatic rings. The summed E-state index contributed by atoms with van der Waals surface area (Å²) in [7, 11) is 1.63. The van der Waals surface area contributed by atoms with Gasteiger partial charge in [0.15, 0.2) is 0 Å². The number of carbonyl (C=O) groups is 1. The molecule has 3 heteroatoms. The van der Waals surface area contributed by atoms with Gasteiger partial charge < -0.3 is 10.1 Å². The van der Waals surface area contributed by atoms with Crippen molar-refractivity contribution in [2.45, 2.75) is 19.9 Å². The van der Waals surface area contributed by atoms with Crippen LogP contribution in [0.2, 0.25) is 0 Å². The number of carbonyl (C=O) groups excluding carboxylic acids is 1. The summed E-state index contributed by atoms with van der Waals surface area (Å²) in [6.45, 7) is 4.49. The van der Waals surface area contributed by atoms with E-state index in [9.17, 15) is 4.79 Å². The van der Waals surface area contributed by atoms with Crippen molar-refractivity contribution in [3.8, 4) is 11.1 Å². The minimum atomic E-state index is -0.0755. The smallest absolute Gasteiger partial charge is 0.251 e. The second kappa shape index (κ2) is 7.04. The lowest BCUT2D eigenvalue weighted by Gasteiger charge is -2.13. The van der Waals surface area contributed by atoms with E-state index in [0.29, 0.717) is 12.2 Å². The first-order valence-electron chi connectivity index (χ1n) is 7.07. The number of amides is 1. The molecule has 0 bridgehead atoms. The van der Waals surface area contributed by atoms with E-state index >= 15 is 0 Å². The van der Waals surface area contributed by atoms with E-state index in [-0.39, 0.29) is 11.9 Å². The van der Waals surface area contributed by atoms with Crippen LogP contribution in [-0.4, -0.2) is 25.7 Å². The fourth-order valence-corrected chi connectivity index (χ4v) is 2.18. The maximum atomic E-state index is 12.2. The number of rotatable bonds is 5. The van der Waals surface area contributed by atoms with Crippen molar-refractivity contribution in [3.05, 3.63) is 59.7 Å². The van der Waals surface area contributed by atoms with Crippen LogP contribution in [0.1, 0.15) is 22.8 Å². The SMILES string of the molecule is COCC(C)NC(=O)c1cccc(-c2ccc(C)cc2)c1. The van der Waals surface area contributed by atoms with Gasteiger partial charge in [0, 0.05) is 18.7 Å². The minimum absolute atomic E-state index is 0.00877. The van der Waals surface area contributed by atoms with E-state index in [2.05, 4.69) is 36.5 Å². The Balaban J connectivity index is 2.17. The van der Waals surface area contributed by atoms with Gasteiger partial charge in [-0.3, -0.25) is 4.79 Å². The molecule has 0 aromatic heterocycles. The highest BCUT2D eigenvalue weighted by molar-refractivity contribution is 5.95. The Morgan fingerprint density at radius 1 is 1.14 bits per heavy atom. The third-order valence-corrected chi connectivity index (χ3v) is 3.30. The molecular formula is C18H21NO2. The first-order chi connectivity index (χ1) is 10.1. The van der Waals surface area contributed by atoms with E-state index in [4.69, 9.17) is 4.74 Å². The Kier molecular flexibility index (Phi) is 5.12. The molecule has 0 radical (unpaired) electrons. The summed E-state index contributed by atoms with van der Waals surface area (Å²) in [6, 6.07) is 15.9. The van der Waals surface area contributed by atoms with Gasteiger partial charge in [-0.1, -0.05) is 42.0 Å². The lowest BCUT2D eigenvalue weighted by atomic mass is 10.0. The van der Waals surface area contributed by atoms with Gasteiger partial charge in [0.25, 0.3) is 5.91 Å². The number of ether oxygens (including phenoxy) is 1. The highest BCUT2D eigenvalue weighted by Gasteiger charge is 2.10. The molecule has 0 heterocycles. The van der Waals surface area contributed by atoms with Gasteiger partial charge in [0.05, 0.1) is 6.61 Å². The van der Waals surface area contributed by atoms with Gasteiger partial charge in [-0.2, -0.15) is 0 Å². The first kappa shape index (κ1) is 15.3. The zero-order valence-corrected chi connectivity index (χ0v) is 12.7. The Labute approximate surface area is 126 Å². The van der Waals surface area contributed by atoms with Crippen molar-refractivity contribution < 1.29 is 9.53 Å². The highest BCUT2D eigenvalue weighted by atomic mass is 16.5. The van der Waals surface area contributed by atoms with Crippen molar-refractivity contribution in [1.29, 1.82) is 0 Å². The van der Waals surface area contributed by atoms with Crippen molar-refractivity contribution in [3.63, 3.8) is 0 Å². The van der Waals surface area contributed by atoms with Crippen LogP contribution in [0.25, 0.3) is 11.1 Å². The largest absolute Gasteiger partial charge is 0.383 e. The zero-order valence-electron chi connectivity index (χ0n) is 12.7. The van der Waals surface area contributed by atoms with Crippen LogP contribution in [0.5, 0.6) is 0 Å². The molecule has 1 atom stereocenters. The van der Waals surface area contributed by atoms with Crippen LogP contribution in [0.4, 0.5) is 0 Å². The summed E-state index contributed by atoms with van der Waals surface area (Å²) in [5, 5.41) is 2.92. The van der Waals surface area contributed by atoms with Crippen LogP contribution >= 0.6 is 0 Å². The number of aryl methyl sites for hydroxylation is 1. The molecule has 0 saturated carbocycles. The normalized spacial score (nSPS) is 12.0. The predicted octanol–water partition coefficient (Wildman–Crippen LogP) is 3.43. The molecule has 0 fully saturated rings. The number of hydrogen-bond donors (Lipinski definition) is 1. The maximum absolute atomic E-state index is 12.2. The molecular weight excluding hydrogens is 262 g/mol. The highest BCUT2D eigenvalue weighted by Crippen LogP contribution is 2.21. The van der Waals surface area contributed by atoms with Gasteiger partial charge >= 0.3 is 0 Å². The molecule has 2 rings (SSSR count). The quantitative estimate of drug-likeness (QED) is 0.913. The topological polar surface area (TPSA) is 38.3 Å². The summed E-state index contributed by atoms with van der Waals surface area (Å²) in [5.74, 6) is -0.0755. The molecule has 21 heavy (non-hydrogen) atoms. The predicted molar refractivity (Wildman–Crippen MR) is 85.4 cm³/mol. The fraction of sp³-hybridized carbons (Fsp3) is 0.278. The van der Waals surface area contributed by atoms with Crippen molar-refractivity contribution in [2.24, 2.45) is 0 Å². The molecule has 3 nitrogen and oxygen atoms in total. The van der Waals surface area contributed by atoms with E-state index in [1.165, 1.54) is 5.56 Å². The van der Waals surface area contributed by atoms with Crippen LogP contribution < -0.4 is 5.32 Å². The molecule has 1 amide bonds. The Bertz CT molecular complexity index is 605. The average Bonchev–Trinajstić information content (AvgIpc) is 2.48. The second-order valence-corrected chi connectivity index (χ2v) is 5.28. The summed E-state index contributed by atoms with van der Waals surface area (Å²) in [5.41, 5.74) is 4.04. The van der Waals surface area contributed by atoms with Crippen molar-refractivity contribution >= 4 is 5.91 Å². The zero-order chi connectivity index (χ0) is 15.2. The molecule has 0 aliphatic carbocycles. The number of hydrogen-bond acceptors (Lipinski definition) is 2. The monoisotopic (exact) mass is 283 g/mol. The summed E-state index contributed by atoms with van der Waals surface area (Å²) >= 11 is 0. The van der Waals surface area contributed by atoms with Gasteiger partial charge in [0.1, 0.15) is 0 Å². The molecule has 2 aromatic carbocycles. The summed E-state index contributed by atoms with van der Waals surface area (Å²) in [4.78, 5) is 12.2. The van der Waals surface area contributed by atoms with Crippen LogP contribution in [0.3, 0.4) is 0 Å². The second-order valence-electron chi connectivity index (χ2n) is 5.28. The van der Waals surface area contributed by atoms with Gasteiger partial charge in [0.2, 0.25) is 0 Å². The van der Waals surface area contributed by atoms with Gasteiger partial charge in [-0.25, -0.2) is 0 Å². The van der Waals surface area contributed by atoms with Crippen molar-refractivity contribution in [1.82, 2.24) is 5.32 Å². The van der Waals surface area contributed by atoms with Gasteiger partial charge in [-0.05, 0) is 37.1 Å². The molecule has 0 spiro atoms. The Morgan fingerprint density at radius 3 is 2.52 bits per heavy atom. The molecule has 1 unspecified atom stereocenters. The standard InChI is InChI=1S/C18H21NO2/c1-13-7-9-15(10-8-13)16-5-4-6-17(11-16)18(20)19-14(2)12-21-3/h4-11,14H,12H2,1-3H3,(H,19,20). The average molecular weight is 283 g/mol. The lowest BCUT2D eigenvalue weighted by Crippen LogP contribution is -2.35. The third kappa shape index (κ3) is 4.17. The van der Waals surface area contributed by atoms with Gasteiger partial charge in [-0.15, -0.1) is 0 Å². The van der Waals surface area contributed by atoms with Crippen LogP contribution in [0, 0.1) is 6.92 Å². The van der Waals surface area contributed by atoms with E-state index in [1.807, 2.05) is 31.2 Å². The summed E-state index contributed by atoms with van der Waals surface area (Å²) < 4.78 is 5.03. The lowest BCUT2D eigenvalue weighted by molar-refractivity contribution is 0.0905. The molecule has 2 aromatic rings. The third-order valence-electron chi connectivity index (χ3n) is 3.30. The number of benzene rings is 2. The summed E-state index contributed by atoms with van der Waals surface area (Å²) in [6.07, 6.45) is 0. The number of nitrogens with one attached hydrogen (secondary N) is 1.